The maximum atomic E-state index is 11.7. The van der Waals surface area contributed by atoms with E-state index in [9.17, 15) is 4.79 Å². The van der Waals surface area contributed by atoms with E-state index in [1.54, 1.807) is 23.1 Å². The second kappa shape index (κ2) is 7.59. The molecular weight excluding hydrogens is 302 g/mol. The van der Waals surface area contributed by atoms with Gasteiger partial charge in [0.05, 0.1) is 0 Å². The summed E-state index contributed by atoms with van der Waals surface area (Å²) in [6.45, 7) is 4.52. The molecule has 0 saturated carbocycles. The van der Waals surface area contributed by atoms with E-state index in [0.717, 1.165) is 26.2 Å². The fraction of sp³-hybridized carbons (Fsp3) is 0.333. The highest BCUT2D eigenvalue weighted by molar-refractivity contribution is 8.01. The van der Waals surface area contributed by atoms with Crippen molar-refractivity contribution in [1.82, 2.24) is 4.98 Å². The molecule has 112 valence electrons. The highest BCUT2D eigenvalue weighted by Gasteiger charge is 2.07. The standard InChI is InChI=1S/C15H19N3OS2/c1-10-8-12(21-15-17-11(2)9-20-15)5-6-13(10)18-14(19)4-3-7-16/h5-6,8-9H,3-4,7,16H2,1-2H3,(H,18,19). The van der Waals surface area contributed by atoms with E-state index in [4.69, 9.17) is 5.73 Å². The zero-order valence-corrected chi connectivity index (χ0v) is 13.8. The largest absolute Gasteiger partial charge is 0.330 e. The number of aryl methyl sites for hydroxylation is 2. The van der Waals surface area contributed by atoms with Gasteiger partial charge in [0.15, 0.2) is 4.34 Å². The number of aromatic nitrogens is 1. The molecule has 0 aliphatic carbocycles. The van der Waals surface area contributed by atoms with E-state index in [1.165, 1.54) is 0 Å². The van der Waals surface area contributed by atoms with Gasteiger partial charge in [-0.05, 0) is 50.6 Å². The van der Waals surface area contributed by atoms with Gasteiger partial charge in [-0.2, -0.15) is 0 Å². The summed E-state index contributed by atoms with van der Waals surface area (Å²) in [5.74, 6) is 0.0134. The van der Waals surface area contributed by atoms with Crippen LogP contribution in [0.3, 0.4) is 0 Å². The minimum Gasteiger partial charge on any atom is -0.330 e. The Morgan fingerprint density at radius 3 is 2.86 bits per heavy atom. The smallest absolute Gasteiger partial charge is 0.224 e. The Kier molecular flexibility index (Phi) is 5.78. The molecule has 2 aromatic rings. The minimum atomic E-state index is 0.0134. The second-order valence-corrected chi connectivity index (χ2v) is 6.95. The molecule has 0 atom stereocenters. The van der Waals surface area contributed by atoms with E-state index < -0.39 is 0 Å². The predicted octanol–water partition coefficient (Wildman–Crippen LogP) is 3.59. The molecule has 0 fully saturated rings. The molecule has 0 spiro atoms. The summed E-state index contributed by atoms with van der Waals surface area (Å²) in [5.41, 5.74) is 8.36. The van der Waals surface area contributed by atoms with Crippen LogP contribution in [0.5, 0.6) is 0 Å². The van der Waals surface area contributed by atoms with Gasteiger partial charge in [0.2, 0.25) is 5.91 Å². The molecule has 0 aliphatic heterocycles. The molecule has 6 heteroatoms. The number of hydrogen-bond donors (Lipinski definition) is 2. The molecule has 0 bridgehead atoms. The lowest BCUT2D eigenvalue weighted by Crippen LogP contribution is -2.14. The number of nitrogens with zero attached hydrogens (tertiary/aromatic N) is 1. The van der Waals surface area contributed by atoms with Crippen LogP contribution in [0.2, 0.25) is 0 Å². The number of anilines is 1. The highest BCUT2D eigenvalue weighted by Crippen LogP contribution is 2.32. The van der Waals surface area contributed by atoms with E-state index in [0.29, 0.717) is 19.4 Å². The van der Waals surface area contributed by atoms with Crippen LogP contribution in [0.4, 0.5) is 5.69 Å². The van der Waals surface area contributed by atoms with Gasteiger partial charge >= 0.3 is 0 Å². The molecule has 3 N–H and O–H groups in total. The van der Waals surface area contributed by atoms with Gasteiger partial charge in [-0.15, -0.1) is 11.3 Å². The fourth-order valence-electron chi connectivity index (χ4n) is 1.80. The third kappa shape index (κ3) is 4.84. The van der Waals surface area contributed by atoms with Gasteiger partial charge in [0.25, 0.3) is 0 Å². The Balaban J connectivity index is 2.01. The fourth-order valence-corrected chi connectivity index (χ4v) is 3.70. The number of carbonyl (C=O) groups excluding carboxylic acids is 1. The molecule has 1 aromatic heterocycles. The predicted molar refractivity (Wildman–Crippen MR) is 89.1 cm³/mol. The van der Waals surface area contributed by atoms with Gasteiger partial charge in [-0.25, -0.2) is 4.98 Å². The summed E-state index contributed by atoms with van der Waals surface area (Å²) in [5, 5.41) is 4.97. The van der Waals surface area contributed by atoms with Crippen molar-refractivity contribution in [1.29, 1.82) is 0 Å². The lowest BCUT2D eigenvalue weighted by atomic mass is 10.2. The molecule has 1 amide bonds. The molecule has 21 heavy (non-hydrogen) atoms. The van der Waals surface area contributed by atoms with Gasteiger partial charge in [-0.1, -0.05) is 11.8 Å². The zero-order chi connectivity index (χ0) is 15.2. The lowest BCUT2D eigenvalue weighted by molar-refractivity contribution is -0.116. The summed E-state index contributed by atoms with van der Waals surface area (Å²) in [6.07, 6.45) is 1.17. The van der Waals surface area contributed by atoms with Crippen LogP contribution >= 0.6 is 23.1 Å². The number of rotatable bonds is 6. The van der Waals surface area contributed by atoms with Crippen molar-refractivity contribution in [3.05, 3.63) is 34.8 Å². The number of thiazole rings is 1. The second-order valence-electron chi connectivity index (χ2n) is 4.77. The maximum Gasteiger partial charge on any atom is 0.224 e. The van der Waals surface area contributed by atoms with Crippen LogP contribution < -0.4 is 11.1 Å². The Hall–Kier alpha value is -1.37. The number of nitrogens with one attached hydrogen (secondary N) is 1. The molecule has 1 aromatic carbocycles. The summed E-state index contributed by atoms with van der Waals surface area (Å²) >= 11 is 3.29. The molecule has 2 rings (SSSR count). The molecular formula is C15H19N3OS2. The number of benzene rings is 1. The van der Waals surface area contributed by atoms with E-state index in [2.05, 4.69) is 16.4 Å². The summed E-state index contributed by atoms with van der Waals surface area (Å²) < 4.78 is 1.03. The summed E-state index contributed by atoms with van der Waals surface area (Å²) in [4.78, 5) is 17.3. The van der Waals surface area contributed by atoms with Gasteiger partial charge in [-0.3, -0.25) is 4.79 Å². The first-order chi connectivity index (χ1) is 10.1. The van der Waals surface area contributed by atoms with Crippen LogP contribution in [0.15, 0.2) is 32.8 Å². The average molecular weight is 321 g/mol. The van der Waals surface area contributed by atoms with Crippen molar-refractivity contribution >= 4 is 34.7 Å². The summed E-state index contributed by atoms with van der Waals surface area (Å²) in [6, 6.07) is 6.02. The first-order valence-corrected chi connectivity index (χ1v) is 8.48. The third-order valence-corrected chi connectivity index (χ3v) is 4.93. The van der Waals surface area contributed by atoms with Crippen LogP contribution in [0, 0.1) is 13.8 Å². The lowest BCUT2D eigenvalue weighted by Gasteiger charge is -2.09. The minimum absolute atomic E-state index is 0.0134. The average Bonchev–Trinajstić information content (AvgIpc) is 2.85. The van der Waals surface area contributed by atoms with Gasteiger partial charge in [0.1, 0.15) is 0 Å². The van der Waals surface area contributed by atoms with E-state index in [-0.39, 0.29) is 5.91 Å². The quantitative estimate of drug-likeness (QED) is 0.853. The van der Waals surface area contributed by atoms with Crippen LogP contribution in [-0.2, 0) is 4.79 Å². The molecule has 0 saturated heterocycles. The molecule has 0 aliphatic rings. The van der Waals surface area contributed by atoms with E-state index >= 15 is 0 Å². The van der Waals surface area contributed by atoms with Crippen molar-refractivity contribution < 1.29 is 4.79 Å². The number of amides is 1. The highest BCUT2D eigenvalue weighted by atomic mass is 32.2. The third-order valence-electron chi connectivity index (χ3n) is 2.88. The van der Waals surface area contributed by atoms with Gasteiger partial charge < -0.3 is 11.1 Å². The number of nitrogens with two attached hydrogens (primary N) is 1. The maximum absolute atomic E-state index is 11.7. The van der Waals surface area contributed by atoms with Crippen molar-refractivity contribution in [2.75, 3.05) is 11.9 Å². The van der Waals surface area contributed by atoms with Crippen LogP contribution in [0.1, 0.15) is 24.1 Å². The Morgan fingerprint density at radius 1 is 1.43 bits per heavy atom. The van der Waals surface area contributed by atoms with Crippen LogP contribution in [-0.4, -0.2) is 17.4 Å². The van der Waals surface area contributed by atoms with Crippen LogP contribution in [0.25, 0.3) is 0 Å². The number of hydrogen-bond acceptors (Lipinski definition) is 5. The van der Waals surface area contributed by atoms with Crippen molar-refractivity contribution in [2.45, 2.75) is 35.9 Å². The number of carbonyl (C=O) groups is 1. The first-order valence-electron chi connectivity index (χ1n) is 6.79. The monoisotopic (exact) mass is 321 g/mol. The molecule has 0 radical (unpaired) electrons. The van der Waals surface area contributed by atoms with Crippen molar-refractivity contribution in [3.63, 3.8) is 0 Å². The zero-order valence-electron chi connectivity index (χ0n) is 12.2. The molecule has 0 unspecified atom stereocenters. The normalized spacial score (nSPS) is 10.6. The van der Waals surface area contributed by atoms with Crippen molar-refractivity contribution in [3.8, 4) is 0 Å². The Labute approximate surface area is 133 Å². The first kappa shape index (κ1) is 16.0. The summed E-state index contributed by atoms with van der Waals surface area (Å²) in [7, 11) is 0. The topological polar surface area (TPSA) is 68.0 Å². The Morgan fingerprint density at radius 2 is 2.24 bits per heavy atom. The van der Waals surface area contributed by atoms with E-state index in [1.807, 2.05) is 31.4 Å². The van der Waals surface area contributed by atoms with Gasteiger partial charge in [0, 0.05) is 28.1 Å². The molecule has 4 nitrogen and oxygen atoms in total. The SMILES string of the molecule is Cc1csc(Sc2ccc(NC(=O)CCCN)c(C)c2)n1. The van der Waals surface area contributed by atoms with Crippen molar-refractivity contribution in [2.24, 2.45) is 5.73 Å². The Bertz CT molecular complexity index is 625. The molecule has 1 heterocycles.